The number of hydrogen-bond acceptors (Lipinski definition) is 5. The molecule has 0 saturated carbocycles. The molecule has 0 aliphatic carbocycles. The van der Waals surface area contributed by atoms with E-state index in [0.29, 0.717) is 6.54 Å². The molecule has 0 aromatic heterocycles. The molecule has 0 unspecified atom stereocenters. The van der Waals surface area contributed by atoms with Crippen molar-refractivity contribution in [3.05, 3.63) is 0 Å². The van der Waals surface area contributed by atoms with E-state index in [9.17, 15) is 15.3 Å². The van der Waals surface area contributed by atoms with Crippen molar-refractivity contribution in [3.63, 3.8) is 0 Å². The van der Waals surface area contributed by atoms with Gasteiger partial charge in [-0.25, -0.2) is 0 Å². The van der Waals surface area contributed by atoms with Gasteiger partial charge in [-0.3, -0.25) is 4.90 Å². The first-order valence-corrected chi connectivity index (χ1v) is 5.15. The van der Waals surface area contributed by atoms with Gasteiger partial charge in [-0.15, -0.1) is 11.8 Å². The number of aliphatic hydroxyl groups is 3. The molecule has 0 amide bonds. The molecule has 3 N–H and O–H groups in total. The van der Waals surface area contributed by atoms with E-state index < -0.39 is 18.3 Å². The molecule has 70 valence electrons. The van der Waals surface area contributed by atoms with Crippen molar-refractivity contribution in [1.82, 2.24) is 4.90 Å². The lowest BCUT2D eigenvalue weighted by Crippen LogP contribution is -2.58. The Bertz CT molecular complexity index is 180. The van der Waals surface area contributed by atoms with Gasteiger partial charge in [0.2, 0.25) is 0 Å². The highest BCUT2D eigenvalue weighted by Crippen LogP contribution is 2.32. The Balaban J connectivity index is 2.10. The molecule has 0 radical (unpaired) electrons. The van der Waals surface area contributed by atoms with Crippen molar-refractivity contribution in [2.45, 2.75) is 23.7 Å². The monoisotopic (exact) mass is 191 g/mol. The van der Waals surface area contributed by atoms with Gasteiger partial charge in [0.05, 0.1) is 11.5 Å². The summed E-state index contributed by atoms with van der Waals surface area (Å²) in [5.41, 5.74) is 0. The summed E-state index contributed by atoms with van der Waals surface area (Å²) < 4.78 is 0. The molecule has 0 bridgehead atoms. The lowest BCUT2D eigenvalue weighted by molar-refractivity contribution is -0.114. The average Bonchev–Trinajstić information content (AvgIpc) is 2.48. The van der Waals surface area contributed by atoms with Gasteiger partial charge >= 0.3 is 0 Å². The van der Waals surface area contributed by atoms with Crippen LogP contribution in [0.2, 0.25) is 0 Å². The maximum absolute atomic E-state index is 9.55. The smallest absolute Gasteiger partial charge is 0.109 e. The van der Waals surface area contributed by atoms with Crippen LogP contribution in [0.4, 0.5) is 0 Å². The van der Waals surface area contributed by atoms with E-state index in [-0.39, 0.29) is 5.37 Å². The van der Waals surface area contributed by atoms with Crippen molar-refractivity contribution in [2.24, 2.45) is 0 Å². The minimum atomic E-state index is -0.975. The van der Waals surface area contributed by atoms with Gasteiger partial charge in [0.25, 0.3) is 0 Å². The number of rotatable bonds is 0. The van der Waals surface area contributed by atoms with Crippen LogP contribution in [0.5, 0.6) is 0 Å². The highest BCUT2D eigenvalue weighted by Gasteiger charge is 2.43. The highest BCUT2D eigenvalue weighted by atomic mass is 32.2. The molecular weight excluding hydrogens is 178 g/mol. The summed E-state index contributed by atoms with van der Waals surface area (Å²) in [6, 6.07) is 0. The molecule has 2 rings (SSSR count). The Kier molecular flexibility index (Phi) is 2.31. The Hall–Kier alpha value is 0.190. The molecule has 0 aromatic rings. The van der Waals surface area contributed by atoms with Crippen LogP contribution in [0.25, 0.3) is 0 Å². The Morgan fingerprint density at radius 1 is 1.17 bits per heavy atom. The van der Waals surface area contributed by atoms with Crippen molar-refractivity contribution in [3.8, 4) is 0 Å². The number of nitrogens with zero attached hydrogens (tertiary/aromatic N) is 1. The fraction of sp³-hybridized carbons (Fsp3) is 1.00. The molecule has 12 heavy (non-hydrogen) atoms. The van der Waals surface area contributed by atoms with Gasteiger partial charge in [0.1, 0.15) is 12.2 Å². The zero-order valence-corrected chi connectivity index (χ0v) is 7.44. The van der Waals surface area contributed by atoms with Gasteiger partial charge in [-0.05, 0) is 0 Å². The molecule has 2 aliphatic heterocycles. The SMILES string of the molecule is O[C@@H]1[C@H](O)[C@H](O)CN2CCS[C@H]12. The summed E-state index contributed by atoms with van der Waals surface area (Å²) in [5, 5.41) is 28.2. The molecule has 2 fully saturated rings. The summed E-state index contributed by atoms with van der Waals surface area (Å²) >= 11 is 1.64. The third-order valence-electron chi connectivity index (χ3n) is 2.48. The van der Waals surface area contributed by atoms with Gasteiger partial charge in [0, 0.05) is 18.8 Å². The molecule has 2 heterocycles. The van der Waals surface area contributed by atoms with Crippen molar-refractivity contribution in [2.75, 3.05) is 18.8 Å². The quantitative estimate of drug-likeness (QED) is 0.433. The lowest BCUT2D eigenvalue weighted by atomic mass is 10.0. The van der Waals surface area contributed by atoms with Crippen LogP contribution in [-0.4, -0.2) is 62.7 Å². The van der Waals surface area contributed by atoms with Crippen LogP contribution >= 0.6 is 11.8 Å². The van der Waals surface area contributed by atoms with Crippen molar-refractivity contribution < 1.29 is 15.3 Å². The van der Waals surface area contributed by atoms with E-state index >= 15 is 0 Å². The van der Waals surface area contributed by atoms with Crippen LogP contribution in [-0.2, 0) is 0 Å². The summed E-state index contributed by atoms with van der Waals surface area (Å²) in [6.07, 6.45) is -2.58. The first-order chi connectivity index (χ1) is 5.70. The van der Waals surface area contributed by atoms with Crippen molar-refractivity contribution in [1.29, 1.82) is 0 Å². The zero-order valence-electron chi connectivity index (χ0n) is 6.63. The minimum absolute atomic E-state index is 0.0107. The fourth-order valence-corrected chi connectivity index (χ4v) is 3.12. The van der Waals surface area contributed by atoms with E-state index in [0.717, 1.165) is 12.3 Å². The normalized spacial score (nSPS) is 49.2. The van der Waals surface area contributed by atoms with E-state index in [2.05, 4.69) is 0 Å². The average molecular weight is 191 g/mol. The second-order valence-electron chi connectivity index (χ2n) is 3.30. The summed E-state index contributed by atoms with van der Waals surface area (Å²) in [5.74, 6) is 0.973. The van der Waals surface area contributed by atoms with E-state index in [1.807, 2.05) is 4.90 Å². The van der Waals surface area contributed by atoms with Gasteiger partial charge in [0.15, 0.2) is 0 Å². The highest BCUT2D eigenvalue weighted by molar-refractivity contribution is 8.00. The summed E-state index contributed by atoms with van der Waals surface area (Å²) in [4.78, 5) is 2.02. The lowest BCUT2D eigenvalue weighted by Gasteiger charge is -2.39. The van der Waals surface area contributed by atoms with E-state index in [4.69, 9.17) is 0 Å². The number of aliphatic hydroxyl groups excluding tert-OH is 3. The van der Waals surface area contributed by atoms with Gasteiger partial charge in [-0.2, -0.15) is 0 Å². The second-order valence-corrected chi connectivity index (χ2v) is 4.53. The van der Waals surface area contributed by atoms with Gasteiger partial charge < -0.3 is 15.3 Å². The van der Waals surface area contributed by atoms with Crippen molar-refractivity contribution >= 4 is 11.8 Å². The number of piperidine rings is 1. The zero-order chi connectivity index (χ0) is 8.72. The number of fused-ring (bicyclic) bond motifs is 1. The largest absolute Gasteiger partial charge is 0.389 e. The minimum Gasteiger partial charge on any atom is -0.389 e. The van der Waals surface area contributed by atoms with Crippen LogP contribution in [0.3, 0.4) is 0 Å². The maximum atomic E-state index is 9.55. The predicted molar refractivity (Wildman–Crippen MR) is 45.8 cm³/mol. The van der Waals surface area contributed by atoms with Crippen LogP contribution in [0.15, 0.2) is 0 Å². The molecule has 0 spiro atoms. The van der Waals surface area contributed by atoms with Gasteiger partial charge in [-0.1, -0.05) is 0 Å². The molecule has 2 saturated heterocycles. The summed E-state index contributed by atoms with van der Waals surface area (Å²) in [7, 11) is 0. The Labute approximate surface area is 75.2 Å². The fourth-order valence-electron chi connectivity index (χ4n) is 1.78. The molecular formula is C7H13NO3S. The molecule has 2 aliphatic rings. The summed E-state index contributed by atoms with van der Waals surface area (Å²) in [6.45, 7) is 1.38. The van der Waals surface area contributed by atoms with E-state index in [1.165, 1.54) is 0 Å². The molecule has 4 atom stereocenters. The Morgan fingerprint density at radius 3 is 2.67 bits per heavy atom. The van der Waals surface area contributed by atoms with Crippen LogP contribution in [0.1, 0.15) is 0 Å². The second kappa shape index (κ2) is 3.16. The first-order valence-electron chi connectivity index (χ1n) is 4.10. The third kappa shape index (κ3) is 1.25. The van der Waals surface area contributed by atoms with Crippen LogP contribution < -0.4 is 0 Å². The first kappa shape index (κ1) is 8.77. The Morgan fingerprint density at radius 2 is 1.92 bits per heavy atom. The number of thioether (sulfide) groups is 1. The maximum Gasteiger partial charge on any atom is 0.109 e. The molecule has 5 heteroatoms. The standard InChI is InChI=1S/C7H13NO3S/c9-4-3-8-1-2-12-7(8)6(11)5(4)10/h4-7,9-11H,1-3H2/t4-,5-,6-,7-/m1/s1. The molecule has 4 nitrogen and oxygen atoms in total. The molecule has 0 aromatic carbocycles. The predicted octanol–water partition coefficient (Wildman–Crippen LogP) is -1.54. The number of hydrogen-bond donors (Lipinski definition) is 3. The third-order valence-corrected chi connectivity index (χ3v) is 3.82. The van der Waals surface area contributed by atoms with Crippen LogP contribution in [0, 0.1) is 0 Å². The topological polar surface area (TPSA) is 63.9 Å². The van der Waals surface area contributed by atoms with E-state index in [1.54, 1.807) is 11.8 Å².